The first-order chi connectivity index (χ1) is 9.25. The van der Waals surface area contributed by atoms with E-state index in [1.54, 1.807) is 6.07 Å². The Hall–Kier alpha value is -1.76. The Labute approximate surface area is 119 Å². The topological polar surface area (TPSA) is 20.2 Å². The molecule has 1 N–H and O–H groups in total. The third-order valence-corrected chi connectivity index (χ3v) is 5.92. The summed E-state index contributed by atoms with van der Waals surface area (Å²) < 4.78 is 2.39. The van der Waals surface area contributed by atoms with Crippen molar-refractivity contribution in [2.75, 3.05) is 0 Å². The van der Waals surface area contributed by atoms with Gasteiger partial charge in [-0.15, -0.1) is 0 Å². The number of phenols is 1. The van der Waals surface area contributed by atoms with Gasteiger partial charge in [-0.2, -0.15) is 0 Å². The Balaban J connectivity index is 2.15. The number of fused-ring (bicyclic) bond motifs is 1. The van der Waals surface area contributed by atoms with Gasteiger partial charge in [-0.1, -0.05) is 0 Å². The molecule has 1 nitrogen and oxygen atoms in total. The first-order valence-electron chi connectivity index (χ1n) is 6.20. The van der Waals surface area contributed by atoms with Crippen LogP contribution in [0.15, 0.2) is 60.7 Å². The molecule has 0 saturated carbocycles. The van der Waals surface area contributed by atoms with Gasteiger partial charge in [0.05, 0.1) is 0 Å². The van der Waals surface area contributed by atoms with Crippen LogP contribution >= 0.6 is 0 Å². The fourth-order valence-electron chi connectivity index (χ4n) is 2.12. The van der Waals surface area contributed by atoms with Crippen LogP contribution in [0.3, 0.4) is 0 Å². The summed E-state index contributed by atoms with van der Waals surface area (Å²) in [6.07, 6.45) is 0. The van der Waals surface area contributed by atoms with Crippen LogP contribution in [-0.2, 0) is 0 Å². The number of phenolic OH excluding ortho intramolecular Hbond substituents is 1. The molecule has 0 amide bonds. The first-order valence-corrected chi connectivity index (χ1v) is 7.91. The van der Waals surface area contributed by atoms with Crippen LogP contribution in [0, 0.1) is 6.92 Å². The predicted molar refractivity (Wildman–Crippen MR) is 81.8 cm³/mol. The fraction of sp³-hybridized carbons (Fsp3) is 0.0588. The van der Waals surface area contributed by atoms with E-state index in [9.17, 15) is 5.11 Å². The summed E-state index contributed by atoms with van der Waals surface area (Å²) in [6, 6.07) is 20.4. The zero-order valence-corrected chi connectivity index (χ0v) is 12.3. The molecule has 0 spiro atoms. The molecule has 0 aliphatic carbocycles. The van der Waals surface area contributed by atoms with Crippen LogP contribution in [0.2, 0.25) is 0 Å². The summed E-state index contributed by atoms with van der Waals surface area (Å²) in [5.74, 6) is 0.405. The minimum absolute atomic E-state index is 0.121. The van der Waals surface area contributed by atoms with Gasteiger partial charge in [0.1, 0.15) is 0 Å². The molecule has 0 aromatic heterocycles. The van der Waals surface area contributed by atoms with Crippen molar-refractivity contribution < 1.29 is 5.11 Å². The Morgan fingerprint density at radius 1 is 0.842 bits per heavy atom. The van der Waals surface area contributed by atoms with E-state index in [0.29, 0.717) is 5.75 Å². The summed E-state index contributed by atoms with van der Waals surface area (Å²) in [5, 5.41) is 12.5. The molecule has 19 heavy (non-hydrogen) atoms. The molecule has 0 atom stereocenters. The molecule has 0 radical (unpaired) electrons. The minimum atomic E-state index is 0.121. The molecule has 0 aliphatic rings. The van der Waals surface area contributed by atoms with Gasteiger partial charge in [-0.25, -0.2) is 0 Å². The zero-order valence-electron chi connectivity index (χ0n) is 10.6. The third kappa shape index (κ3) is 2.37. The number of benzene rings is 3. The summed E-state index contributed by atoms with van der Waals surface area (Å²) in [5.41, 5.74) is 1.29. The van der Waals surface area contributed by atoms with Gasteiger partial charge in [0.15, 0.2) is 0 Å². The number of rotatable bonds is 2. The summed E-state index contributed by atoms with van der Waals surface area (Å²) in [4.78, 5) is 0. The number of aryl methyl sites for hydroxylation is 1. The average Bonchev–Trinajstić information content (AvgIpc) is 2.44. The molecule has 3 aromatic rings. The van der Waals surface area contributed by atoms with Crippen LogP contribution in [0.1, 0.15) is 5.56 Å². The molecular weight excluding hydrogens is 299 g/mol. The van der Waals surface area contributed by atoms with E-state index in [2.05, 4.69) is 43.3 Å². The van der Waals surface area contributed by atoms with E-state index in [1.807, 2.05) is 18.2 Å². The molecule has 3 aromatic carbocycles. The Morgan fingerprint density at radius 3 is 2.42 bits per heavy atom. The van der Waals surface area contributed by atoms with Crippen LogP contribution in [0.25, 0.3) is 10.8 Å². The average molecular weight is 313 g/mol. The molecule has 0 saturated heterocycles. The van der Waals surface area contributed by atoms with E-state index < -0.39 is 0 Å². The Kier molecular flexibility index (Phi) is 3.29. The van der Waals surface area contributed by atoms with Gasteiger partial charge in [0.2, 0.25) is 0 Å². The maximum absolute atomic E-state index is 10.2. The number of hydrogen-bond acceptors (Lipinski definition) is 1. The quantitative estimate of drug-likeness (QED) is 0.721. The van der Waals surface area contributed by atoms with Crippen molar-refractivity contribution in [3.8, 4) is 5.75 Å². The molecule has 0 aliphatic heterocycles. The zero-order chi connectivity index (χ0) is 13.2. The van der Waals surface area contributed by atoms with Crippen molar-refractivity contribution in [2.45, 2.75) is 6.92 Å². The summed E-state index contributed by atoms with van der Waals surface area (Å²) >= 11 is 0.121. The number of aromatic hydroxyl groups is 1. The van der Waals surface area contributed by atoms with E-state index in [0.717, 1.165) is 9.85 Å². The van der Waals surface area contributed by atoms with Crippen LogP contribution in [-0.4, -0.2) is 20.1 Å². The third-order valence-electron chi connectivity index (χ3n) is 3.16. The van der Waals surface area contributed by atoms with Gasteiger partial charge in [-0.3, -0.25) is 0 Å². The SMILES string of the molecule is Cc1ccccc1[Se]c1c(O)ccc2ccccc12. The molecule has 2 heteroatoms. The molecule has 0 heterocycles. The van der Waals surface area contributed by atoms with Gasteiger partial charge in [0, 0.05) is 0 Å². The monoisotopic (exact) mass is 314 g/mol. The van der Waals surface area contributed by atoms with Gasteiger partial charge in [-0.05, 0) is 0 Å². The van der Waals surface area contributed by atoms with Crippen LogP contribution < -0.4 is 8.92 Å². The molecule has 3 rings (SSSR count). The fourth-order valence-corrected chi connectivity index (χ4v) is 4.35. The normalized spacial score (nSPS) is 10.8. The van der Waals surface area contributed by atoms with Crippen molar-refractivity contribution in [2.24, 2.45) is 0 Å². The van der Waals surface area contributed by atoms with Crippen LogP contribution in [0.5, 0.6) is 5.75 Å². The van der Waals surface area contributed by atoms with Crippen molar-refractivity contribution in [3.63, 3.8) is 0 Å². The van der Waals surface area contributed by atoms with E-state index in [-0.39, 0.29) is 15.0 Å². The second-order valence-electron chi connectivity index (χ2n) is 4.50. The van der Waals surface area contributed by atoms with Gasteiger partial charge in [0.25, 0.3) is 0 Å². The van der Waals surface area contributed by atoms with Crippen molar-refractivity contribution in [3.05, 3.63) is 66.2 Å². The van der Waals surface area contributed by atoms with Crippen molar-refractivity contribution in [1.29, 1.82) is 0 Å². The first kappa shape index (κ1) is 12.3. The molecule has 0 bridgehead atoms. The molecule has 0 fully saturated rings. The van der Waals surface area contributed by atoms with Gasteiger partial charge >= 0.3 is 119 Å². The predicted octanol–water partition coefficient (Wildman–Crippen LogP) is 2.51. The second kappa shape index (κ2) is 5.08. The van der Waals surface area contributed by atoms with Crippen LogP contribution in [0.4, 0.5) is 0 Å². The molecule has 0 unspecified atom stereocenters. The van der Waals surface area contributed by atoms with E-state index in [1.165, 1.54) is 15.4 Å². The molecular formula is C17H14OSe. The maximum atomic E-state index is 10.2. The van der Waals surface area contributed by atoms with E-state index in [4.69, 9.17) is 0 Å². The van der Waals surface area contributed by atoms with Crippen molar-refractivity contribution >= 4 is 34.7 Å². The second-order valence-corrected chi connectivity index (χ2v) is 6.71. The molecule has 94 valence electrons. The van der Waals surface area contributed by atoms with Crippen molar-refractivity contribution in [1.82, 2.24) is 0 Å². The summed E-state index contributed by atoms with van der Waals surface area (Å²) in [7, 11) is 0. The standard InChI is InChI=1S/C17H14OSe/c1-12-6-2-5-9-16(12)19-17-14-8-4-3-7-13(14)10-11-15(17)18/h2-11,18H,1H3. The van der Waals surface area contributed by atoms with Gasteiger partial charge < -0.3 is 0 Å². The number of hydrogen-bond donors (Lipinski definition) is 1. The Bertz CT molecular complexity index is 734. The Morgan fingerprint density at radius 2 is 1.58 bits per heavy atom. The van der Waals surface area contributed by atoms with E-state index >= 15 is 0 Å². The summed E-state index contributed by atoms with van der Waals surface area (Å²) in [6.45, 7) is 2.12.